The van der Waals surface area contributed by atoms with E-state index >= 15 is 0 Å². The van der Waals surface area contributed by atoms with Gasteiger partial charge in [-0.3, -0.25) is 4.79 Å². The van der Waals surface area contributed by atoms with Gasteiger partial charge in [0.05, 0.1) is 0 Å². The number of ether oxygens (including phenoxy) is 1. The van der Waals surface area contributed by atoms with Crippen molar-refractivity contribution in [3.05, 3.63) is 42.0 Å². The van der Waals surface area contributed by atoms with Crippen LogP contribution in [0, 0.1) is 0 Å². The molecule has 1 aromatic carbocycles. The number of alkyl halides is 2. The summed E-state index contributed by atoms with van der Waals surface area (Å²) in [4.78, 5) is 22.8. The summed E-state index contributed by atoms with van der Waals surface area (Å²) >= 11 is 0. The monoisotopic (exact) mass is 327 g/mol. The summed E-state index contributed by atoms with van der Waals surface area (Å²) in [6, 6.07) is 5.00. The Bertz CT molecular complexity index is 544. The topological polar surface area (TPSA) is 75.6 Å². The maximum absolute atomic E-state index is 12.0. The fraction of sp³-hybridized carbons (Fsp3) is 0.375. The highest BCUT2D eigenvalue weighted by molar-refractivity contribution is 5.83. The minimum Gasteiger partial charge on any atom is -0.480 e. The van der Waals surface area contributed by atoms with Gasteiger partial charge in [-0.25, -0.2) is 4.79 Å². The zero-order valence-corrected chi connectivity index (χ0v) is 12.7. The Morgan fingerprint density at radius 2 is 1.96 bits per heavy atom. The van der Waals surface area contributed by atoms with E-state index in [-0.39, 0.29) is 24.5 Å². The minimum atomic E-state index is -2.88. The van der Waals surface area contributed by atoms with E-state index < -0.39 is 18.6 Å². The van der Waals surface area contributed by atoms with E-state index in [0.717, 1.165) is 5.56 Å². The Morgan fingerprint density at radius 1 is 1.30 bits per heavy atom. The zero-order valence-electron chi connectivity index (χ0n) is 12.7. The van der Waals surface area contributed by atoms with Crippen molar-refractivity contribution in [1.29, 1.82) is 0 Å². The molecular weight excluding hydrogens is 308 g/mol. The highest BCUT2D eigenvalue weighted by atomic mass is 19.3. The smallest absolute Gasteiger partial charge is 0.387 e. The van der Waals surface area contributed by atoms with Crippen LogP contribution in [0.5, 0.6) is 5.75 Å². The molecule has 1 unspecified atom stereocenters. The molecule has 0 aliphatic heterocycles. The van der Waals surface area contributed by atoms with E-state index in [1.807, 2.05) is 0 Å². The number of amides is 1. The molecule has 0 heterocycles. The summed E-state index contributed by atoms with van der Waals surface area (Å²) in [7, 11) is 0. The first-order valence-corrected chi connectivity index (χ1v) is 7.09. The third kappa shape index (κ3) is 7.39. The molecule has 23 heavy (non-hydrogen) atoms. The first kappa shape index (κ1) is 18.6. The average Bonchev–Trinajstić information content (AvgIpc) is 2.50. The van der Waals surface area contributed by atoms with Crippen LogP contribution in [0.4, 0.5) is 8.78 Å². The van der Waals surface area contributed by atoms with Crippen LogP contribution in [-0.2, 0) is 16.0 Å². The molecule has 0 aliphatic rings. The molecule has 0 saturated heterocycles. The van der Waals surface area contributed by atoms with Gasteiger partial charge in [-0.2, -0.15) is 8.78 Å². The number of hydrogen-bond acceptors (Lipinski definition) is 3. The number of aryl methyl sites for hydroxylation is 1. The van der Waals surface area contributed by atoms with Crippen LogP contribution < -0.4 is 10.1 Å². The summed E-state index contributed by atoms with van der Waals surface area (Å²) < 4.78 is 28.3. The van der Waals surface area contributed by atoms with E-state index in [4.69, 9.17) is 5.11 Å². The number of carbonyl (C=O) groups is 2. The van der Waals surface area contributed by atoms with Crippen LogP contribution in [0.25, 0.3) is 0 Å². The number of allylic oxidation sites excluding steroid dienone is 1. The summed E-state index contributed by atoms with van der Waals surface area (Å²) in [5, 5.41) is 11.5. The summed E-state index contributed by atoms with van der Waals surface area (Å²) in [6.45, 7) is -1.11. The Hall–Kier alpha value is -2.44. The van der Waals surface area contributed by atoms with Crippen LogP contribution in [-0.4, -0.2) is 29.6 Å². The Kier molecular flexibility index (Phi) is 7.73. The number of halogens is 2. The SMILES string of the molecule is C/C=C/CC(NC(=O)CCc1ccc(OC(F)F)cc1)C(=O)O. The standard InChI is InChI=1S/C16H19F2NO4/c1-2-3-4-13(15(21)22)19-14(20)10-7-11-5-8-12(9-6-11)23-16(17)18/h2-3,5-6,8-9,13,16H,4,7,10H2,1H3,(H,19,20)(H,21,22)/b3-2+. The zero-order chi connectivity index (χ0) is 17.2. The minimum absolute atomic E-state index is 0.0468. The molecular formula is C16H19F2NO4. The van der Waals surface area contributed by atoms with E-state index in [0.29, 0.717) is 6.42 Å². The van der Waals surface area contributed by atoms with Crippen LogP contribution in [0.2, 0.25) is 0 Å². The maximum atomic E-state index is 12.0. The van der Waals surface area contributed by atoms with Crippen molar-refractivity contribution in [3.63, 3.8) is 0 Å². The van der Waals surface area contributed by atoms with Crippen LogP contribution in [0.15, 0.2) is 36.4 Å². The predicted molar refractivity (Wildman–Crippen MR) is 80.4 cm³/mol. The Labute approximate surface area is 133 Å². The lowest BCUT2D eigenvalue weighted by Crippen LogP contribution is -2.40. The number of nitrogens with one attached hydrogen (secondary N) is 1. The normalized spacial score (nSPS) is 12.3. The second-order valence-corrected chi connectivity index (χ2v) is 4.79. The van der Waals surface area contributed by atoms with Gasteiger partial charge >= 0.3 is 12.6 Å². The molecule has 126 valence electrons. The Morgan fingerprint density at radius 3 is 2.48 bits per heavy atom. The number of hydrogen-bond donors (Lipinski definition) is 2. The third-order valence-electron chi connectivity index (χ3n) is 3.03. The molecule has 1 rings (SSSR count). The van der Waals surface area contributed by atoms with Gasteiger partial charge in [0.15, 0.2) is 0 Å². The number of carboxylic acid groups (broad SMARTS) is 1. The molecule has 0 spiro atoms. The van der Waals surface area contributed by atoms with Gasteiger partial charge in [0.25, 0.3) is 0 Å². The lowest BCUT2D eigenvalue weighted by Gasteiger charge is -2.12. The summed E-state index contributed by atoms with van der Waals surface area (Å²) in [5.74, 6) is -1.43. The fourth-order valence-electron chi connectivity index (χ4n) is 1.86. The van der Waals surface area contributed by atoms with Gasteiger partial charge < -0.3 is 15.2 Å². The van der Waals surface area contributed by atoms with Crippen molar-refractivity contribution in [2.45, 2.75) is 38.8 Å². The third-order valence-corrected chi connectivity index (χ3v) is 3.03. The summed E-state index contributed by atoms with van der Waals surface area (Å²) in [5.41, 5.74) is 0.766. The summed E-state index contributed by atoms with van der Waals surface area (Å²) in [6.07, 6.45) is 4.08. The largest absolute Gasteiger partial charge is 0.480 e. The number of carbonyl (C=O) groups excluding carboxylic acids is 1. The van der Waals surface area contributed by atoms with Gasteiger partial charge in [0.1, 0.15) is 11.8 Å². The molecule has 1 atom stereocenters. The van der Waals surface area contributed by atoms with Crippen LogP contribution >= 0.6 is 0 Å². The molecule has 5 nitrogen and oxygen atoms in total. The van der Waals surface area contributed by atoms with Gasteiger partial charge in [-0.15, -0.1) is 0 Å². The van der Waals surface area contributed by atoms with E-state index in [2.05, 4.69) is 10.1 Å². The number of rotatable bonds is 9. The number of benzene rings is 1. The lowest BCUT2D eigenvalue weighted by atomic mass is 10.1. The molecule has 7 heteroatoms. The average molecular weight is 327 g/mol. The second-order valence-electron chi connectivity index (χ2n) is 4.79. The molecule has 0 radical (unpaired) electrons. The van der Waals surface area contributed by atoms with Crippen LogP contribution in [0.1, 0.15) is 25.3 Å². The van der Waals surface area contributed by atoms with Crippen molar-refractivity contribution in [3.8, 4) is 5.75 Å². The quantitative estimate of drug-likeness (QED) is 0.684. The molecule has 1 aromatic rings. The van der Waals surface area contributed by atoms with E-state index in [1.54, 1.807) is 31.2 Å². The first-order valence-electron chi connectivity index (χ1n) is 7.09. The van der Waals surface area contributed by atoms with Gasteiger partial charge in [-0.05, 0) is 37.5 Å². The van der Waals surface area contributed by atoms with E-state index in [1.165, 1.54) is 12.1 Å². The fourth-order valence-corrected chi connectivity index (χ4v) is 1.86. The highest BCUT2D eigenvalue weighted by Crippen LogP contribution is 2.15. The van der Waals surface area contributed by atoms with Crippen molar-refractivity contribution >= 4 is 11.9 Å². The predicted octanol–water partition coefficient (Wildman–Crippen LogP) is 2.76. The molecule has 0 fully saturated rings. The van der Waals surface area contributed by atoms with E-state index in [9.17, 15) is 18.4 Å². The maximum Gasteiger partial charge on any atom is 0.387 e. The molecule has 1 amide bonds. The lowest BCUT2D eigenvalue weighted by molar-refractivity contribution is -0.141. The molecule has 0 aromatic heterocycles. The van der Waals surface area contributed by atoms with Gasteiger partial charge in [0, 0.05) is 6.42 Å². The number of carboxylic acids is 1. The van der Waals surface area contributed by atoms with Crippen LogP contribution in [0.3, 0.4) is 0 Å². The highest BCUT2D eigenvalue weighted by Gasteiger charge is 2.18. The molecule has 2 N–H and O–H groups in total. The number of aliphatic carboxylic acids is 1. The molecule has 0 saturated carbocycles. The Balaban J connectivity index is 2.47. The molecule has 0 bridgehead atoms. The van der Waals surface area contributed by atoms with Crippen molar-refractivity contribution in [2.24, 2.45) is 0 Å². The second kappa shape index (κ2) is 9.55. The van der Waals surface area contributed by atoms with Crippen molar-refractivity contribution in [1.82, 2.24) is 5.32 Å². The molecule has 0 aliphatic carbocycles. The van der Waals surface area contributed by atoms with Crippen molar-refractivity contribution < 1.29 is 28.2 Å². The first-order chi connectivity index (χ1) is 10.9. The van der Waals surface area contributed by atoms with Gasteiger partial charge in [-0.1, -0.05) is 24.3 Å². The van der Waals surface area contributed by atoms with Gasteiger partial charge in [0.2, 0.25) is 5.91 Å². The van der Waals surface area contributed by atoms with Crippen molar-refractivity contribution in [2.75, 3.05) is 0 Å².